The third kappa shape index (κ3) is 2.07. The van der Waals surface area contributed by atoms with Crippen LogP contribution in [-0.4, -0.2) is 14.8 Å². The van der Waals surface area contributed by atoms with Crippen LogP contribution >= 0.6 is 0 Å². The molecule has 4 nitrogen and oxygen atoms in total. The molecule has 0 aliphatic carbocycles. The summed E-state index contributed by atoms with van der Waals surface area (Å²) >= 11 is 0. The van der Waals surface area contributed by atoms with Gasteiger partial charge >= 0.3 is 0 Å². The van der Waals surface area contributed by atoms with Crippen molar-refractivity contribution in [1.29, 1.82) is 0 Å². The zero-order valence-electron chi connectivity index (χ0n) is 10.5. The van der Waals surface area contributed by atoms with E-state index in [2.05, 4.69) is 10.1 Å². The van der Waals surface area contributed by atoms with E-state index in [1.165, 1.54) is 12.1 Å². The number of fused-ring (bicyclic) bond motifs is 1. The number of nitrogens with two attached hydrogens (primary N) is 1. The SMILES string of the molecule is CC1C(c2cc(F)cc(F)c2)CCc2nc(N)nn21. The Bertz CT molecular complexity index is 603. The summed E-state index contributed by atoms with van der Waals surface area (Å²) < 4.78 is 28.4. The highest BCUT2D eigenvalue weighted by atomic mass is 19.1. The lowest BCUT2D eigenvalue weighted by Crippen LogP contribution is -2.24. The molecule has 2 unspecified atom stereocenters. The number of hydrogen-bond donors (Lipinski definition) is 1. The van der Waals surface area contributed by atoms with Gasteiger partial charge in [0.05, 0.1) is 6.04 Å². The van der Waals surface area contributed by atoms with Gasteiger partial charge in [0.25, 0.3) is 0 Å². The van der Waals surface area contributed by atoms with Crippen LogP contribution in [0.3, 0.4) is 0 Å². The average Bonchev–Trinajstić information content (AvgIpc) is 2.70. The number of anilines is 1. The summed E-state index contributed by atoms with van der Waals surface area (Å²) in [5.74, 6) is -0.0120. The van der Waals surface area contributed by atoms with Crippen LogP contribution in [0.25, 0.3) is 0 Å². The molecule has 2 heterocycles. The summed E-state index contributed by atoms with van der Waals surface area (Å²) in [5.41, 5.74) is 6.25. The molecule has 1 aliphatic rings. The molecule has 2 N–H and O–H groups in total. The summed E-state index contributed by atoms with van der Waals surface area (Å²) in [6, 6.07) is 3.63. The summed E-state index contributed by atoms with van der Waals surface area (Å²) in [6.07, 6.45) is 1.49. The van der Waals surface area contributed by atoms with Crippen molar-refractivity contribution in [2.45, 2.75) is 31.7 Å². The van der Waals surface area contributed by atoms with E-state index in [1.807, 2.05) is 6.92 Å². The van der Waals surface area contributed by atoms with Gasteiger partial charge in [-0.2, -0.15) is 4.98 Å². The second kappa shape index (κ2) is 4.29. The molecule has 19 heavy (non-hydrogen) atoms. The molecule has 0 amide bonds. The lowest BCUT2D eigenvalue weighted by atomic mass is 9.86. The molecule has 0 saturated heterocycles. The van der Waals surface area contributed by atoms with Crippen molar-refractivity contribution < 1.29 is 8.78 Å². The van der Waals surface area contributed by atoms with Crippen molar-refractivity contribution in [2.75, 3.05) is 5.73 Å². The molecular weight excluding hydrogens is 250 g/mol. The van der Waals surface area contributed by atoms with E-state index in [1.54, 1.807) is 4.68 Å². The van der Waals surface area contributed by atoms with E-state index in [-0.39, 0.29) is 17.9 Å². The standard InChI is InChI=1S/C13H14F2N4/c1-7-11(8-4-9(14)6-10(15)5-8)2-3-12-17-13(16)18-19(7)12/h4-7,11H,2-3H2,1H3,(H2,16,18). The zero-order valence-corrected chi connectivity index (χ0v) is 10.5. The number of nitrogens with zero attached hydrogens (tertiary/aromatic N) is 3. The fraction of sp³-hybridized carbons (Fsp3) is 0.385. The van der Waals surface area contributed by atoms with Crippen LogP contribution in [0.15, 0.2) is 18.2 Å². The first-order valence-electron chi connectivity index (χ1n) is 6.21. The number of rotatable bonds is 1. The molecule has 0 saturated carbocycles. The van der Waals surface area contributed by atoms with Gasteiger partial charge in [0.15, 0.2) is 0 Å². The Balaban J connectivity index is 1.99. The van der Waals surface area contributed by atoms with E-state index < -0.39 is 11.6 Å². The molecular formula is C13H14F2N4. The fourth-order valence-corrected chi connectivity index (χ4v) is 2.80. The lowest BCUT2D eigenvalue weighted by molar-refractivity contribution is 0.337. The van der Waals surface area contributed by atoms with E-state index in [0.29, 0.717) is 12.0 Å². The van der Waals surface area contributed by atoms with Crippen LogP contribution in [0.1, 0.15) is 36.7 Å². The lowest BCUT2D eigenvalue weighted by Gasteiger charge is -2.29. The fourth-order valence-electron chi connectivity index (χ4n) is 2.80. The Kier molecular flexibility index (Phi) is 2.73. The van der Waals surface area contributed by atoms with E-state index in [0.717, 1.165) is 18.3 Å². The molecule has 100 valence electrons. The minimum absolute atomic E-state index is 0.0128. The first-order valence-corrected chi connectivity index (χ1v) is 6.21. The number of aryl methyl sites for hydroxylation is 1. The normalized spacial score (nSPS) is 22.3. The summed E-state index contributed by atoms with van der Waals surface area (Å²) in [7, 11) is 0. The third-order valence-corrected chi connectivity index (χ3v) is 3.68. The van der Waals surface area contributed by atoms with Gasteiger partial charge in [-0.25, -0.2) is 13.5 Å². The number of hydrogen-bond acceptors (Lipinski definition) is 3. The van der Waals surface area contributed by atoms with Crippen LogP contribution in [0.5, 0.6) is 0 Å². The van der Waals surface area contributed by atoms with Crippen molar-refractivity contribution in [3.8, 4) is 0 Å². The second-order valence-electron chi connectivity index (χ2n) is 4.92. The molecule has 0 spiro atoms. The van der Waals surface area contributed by atoms with Gasteiger partial charge in [-0.05, 0) is 31.0 Å². The van der Waals surface area contributed by atoms with Gasteiger partial charge in [0, 0.05) is 18.4 Å². The molecule has 3 rings (SSSR count). The highest BCUT2D eigenvalue weighted by molar-refractivity contribution is 5.25. The number of halogens is 2. The Morgan fingerprint density at radius 1 is 1.26 bits per heavy atom. The summed E-state index contributed by atoms with van der Waals surface area (Å²) in [5, 5.41) is 4.15. The Hall–Kier alpha value is -1.98. The monoisotopic (exact) mass is 264 g/mol. The topological polar surface area (TPSA) is 56.7 Å². The smallest absolute Gasteiger partial charge is 0.239 e. The van der Waals surface area contributed by atoms with Gasteiger partial charge in [-0.1, -0.05) is 0 Å². The van der Waals surface area contributed by atoms with Gasteiger partial charge in [-0.3, -0.25) is 0 Å². The number of benzene rings is 1. The first-order chi connectivity index (χ1) is 9.04. The minimum atomic E-state index is -0.550. The molecule has 6 heteroatoms. The molecule has 2 atom stereocenters. The first kappa shape index (κ1) is 12.1. The predicted molar refractivity (Wildman–Crippen MR) is 66.6 cm³/mol. The van der Waals surface area contributed by atoms with Gasteiger partial charge in [0.1, 0.15) is 17.5 Å². The number of nitrogen functional groups attached to an aromatic ring is 1. The summed E-state index contributed by atoms with van der Waals surface area (Å²) in [4.78, 5) is 4.15. The van der Waals surface area contributed by atoms with Crippen LogP contribution in [0.4, 0.5) is 14.7 Å². The van der Waals surface area contributed by atoms with Crippen LogP contribution in [0, 0.1) is 11.6 Å². The van der Waals surface area contributed by atoms with E-state index in [9.17, 15) is 8.78 Å². The molecule has 1 aromatic carbocycles. The van der Waals surface area contributed by atoms with Crippen LogP contribution in [0.2, 0.25) is 0 Å². The molecule has 1 aromatic heterocycles. The Labute approximate surface area is 109 Å². The van der Waals surface area contributed by atoms with Crippen molar-refractivity contribution in [1.82, 2.24) is 14.8 Å². The van der Waals surface area contributed by atoms with Gasteiger partial charge < -0.3 is 5.73 Å². The molecule has 0 bridgehead atoms. The van der Waals surface area contributed by atoms with Crippen molar-refractivity contribution >= 4 is 5.95 Å². The maximum absolute atomic E-state index is 13.3. The second-order valence-corrected chi connectivity index (χ2v) is 4.92. The largest absolute Gasteiger partial charge is 0.366 e. The van der Waals surface area contributed by atoms with Crippen LogP contribution < -0.4 is 5.73 Å². The average molecular weight is 264 g/mol. The van der Waals surface area contributed by atoms with E-state index in [4.69, 9.17) is 5.73 Å². The van der Waals surface area contributed by atoms with Crippen molar-refractivity contribution in [3.05, 3.63) is 41.2 Å². The Morgan fingerprint density at radius 3 is 2.63 bits per heavy atom. The third-order valence-electron chi connectivity index (χ3n) is 3.68. The zero-order chi connectivity index (χ0) is 13.6. The molecule has 0 fully saturated rings. The maximum atomic E-state index is 13.3. The predicted octanol–water partition coefficient (Wildman–Crippen LogP) is 2.43. The molecule has 2 aromatic rings. The number of aromatic nitrogens is 3. The van der Waals surface area contributed by atoms with Crippen molar-refractivity contribution in [2.24, 2.45) is 0 Å². The highest BCUT2D eigenvalue weighted by Crippen LogP contribution is 2.37. The maximum Gasteiger partial charge on any atom is 0.239 e. The van der Waals surface area contributed by atoms with Gasteiger partial charge in [-0.15, -0.1) is 5.10 Å². The quantitative estimate of drug-likeness (QED) is 0.860. The van der Waals surface area contributed by atoms with Crippen LogP contribution in [-0.2, 0) is 6.42 Å². The molecule has 0 radical (unpaired) electrons. The Morgan fingerprint density at radius 2 is 1.95 bits per heavy atom. The molecule has 1 aliphatic heterocycles. The van der Waals surface area contributed by atoms with Crippen molar-refractivity contribution in [3.63, 3.8) is 0 Å². The van der Waals surface area contributed by atoms with E-state index >= 15 is 0 Å². The summed E-state index contributed by atoms with van der Waals surface area (Å²) in [6.45, 7) is 1.96. The highest BCUT2D eigenvalue weighted by Gasteiger charge is 2.29. The van der Waals surface area contributed by atoms with Gasteiger partial charge in [0.2, 0.25) is 5.95 Å². The minimum Gasteiger partial charge on any atom is -0.366 e.